The molecule has 5 nitrogen and oxygen atoms in total. The molecule has 0 unspecified atom stereocenters. The molecular formula is C11H9FN4OS. The molecule has 0 saturated heterocycles. The number of halogens is 1. The molecule has 2 rings (SSSR count). The van der Waals surface area contributed by atoms with Gasteiger partial charge in [0.2, 0.25) is 0 Å². The van der Waals surface area contributed by atoms with Crippen molar-refractivity contribution in [1.29, 1.82) is 5.26 Å². The molecule has 7 heteroatoms. The topological polar surface area (TPSA) is 77.3 Å². The molecule has 92 valence electrons. The smallest absolute Gasteiger partial charge is 0.252 e. The van der Waals surface area contributed by atoms with Crippen molar-refractivity contribution in [2.45, 2.75) is 6.54 Å². The summed E-state index contributed by atoms with van der Waals surface area (Å²) in [6, 6.07) is 2.75. The number of nitrogens with one attached hydrogen (secondary N) is 2. The summed E-state index contributed by atoms with van der Waals surface area (Å²) in [7, 11) is 0. The van der Waals surface area contributed by atoms with Gasteiger partial charge in [-0.05, 0) is 18.4 Å². The van der Waals surface area contributed by atoms with E-state index in [2.05, 4.69) is 15.6 Å². The molecule has 0 radical (unpaired) electrons. The summed E-state index contributed by atoms with van der Waals surface area (Å²) < 4.78 is 13.7. The van der Waals surface area contributed by atoms with E-state index >= 15 is 0 Å². The maximum absolute atomic E-state index is 13.7. The monoisotopic (exact) mass is 264 g/mol. The van der Waals surface area contributed by atoms with E-state index in [0.717, 1.165) is 0 Å². The van der Waals surface area contributed by atoms with E-state index in [1.807, 2.05) is 0 Å². The van der Waals surface area contributed by atoms with Gasteiger partial charge in [-0.25, -0.2) is 9.38 Å². The van der Waals surface area contributed by atoms with Crippen LogP contribution in [-0.2, 0) is 6.54 Å². The molecule has 18 heavy (non-hydrogen) atoms. The standard InChI is InChI=1S/C11H9FN4OS/c1-18-11(15-5-13)16-6-2-7-8(9(12)3-6)4-14-10(7)17/h2-3H,4H2,1H3,(H,14,17)(H,15,16). The van der Waals surface area contributed by atoms with Gasteiger partial charge >= 0.3 is 0 Å². The number of amides is 1. The molecule has 0 spiro atoms. The van der Waals surface area contributed by atoms with Crippen LogP contribution >= 0.6 is 11.8 Å². The molecule has 1 amide bonds. The van der Waals surface area contributed by atoms with Gasteiger partial charge in [0.25, 0.3) is 5.91 Å². The fraction of sp³-hybridized carbons (Fsp3) is 0.182. The number of carbonyl (C=O) groups excluding carboxylic acids is 1. The largest absolute Gasteiger partial charge is 0.348 e. The molecule has 0 bridgehead atoms. The van der Waals surface area contributed by atoms with E-state index in [1.165, 1.54) is 23.9 Å². The fourth-order valence-corrected chi connectivity index (χ4v) is 1.97. The van der Waals surface area contributed by atoms with E-state index < -0.39 is 5.82 Å². The van der Waals surface area contributed by atoms with Crippen LogP contribution in [0.5, 0.6) is 0 Å². The number of rotatable bonds is 1. The molecular weight excluding hydrogens is 255 g/mol. The predicted molar refractivity (Wildman–Crippen MR) is 66.9 cm³/mol. The van der Waals surface area contributed by atoms with E-state index in [4.69, 9.17) is 5.26 Å². The number of benzene rings is 1. The van der Waals surface area contributed by atoms with Crippen molar-refractivity contribution in [2.75, 3.05) is 6.26 Å². The van der Waals surface area contributed by atoms with Crippen LogP contribution in [0.2, 0.25) is 0 Å². The molecule has 0 saturated carbocycles. The minimum absolute atomic E-state index is 0.204. The Morgan fingerprint density at radius 2 is 2.44 bits per heavy atom. The van der Waals surface area contributed by atoms with E-state index in [9.17, 15) is 9.18 Å². The van der Waals surface area contributed by atoms with Crippen LogP contribution in [0.25, 0.3) is 0 Å². The number of hydrogen-bond donors (Lipinski definition) is 2. The maximum atomic E-state index is 13.7. The number of fused-ring (bicyclic) bond motifs is 1. The normalized spacial score (nSPS) is 13.8. The first-order valence-electron chi connectivity index (χ1n) is 5.04. The van der Waals surface area contributed by atoms with E-state index in [-0.39, 0.29) is 12.5 Å². The van der Waals surface area contributed by atoms with Crippen LogP contribution in [0.15, 0.2) is 17.1 Å². The van der Waals surface area contributed by atoms with Crippen LogP contribution in [-0.4, -0.2) is 17.3 Å². The zero-order valence-electron chi connectivity index (χ0n) is 9.45. The van der Waals surface area contributed by atoms with Crippen molar-refractivity contribution in [3.63, 3.8) is 0 Å². The summed E-state index contributed by atoms with van der Waals surface area (Å²) in [5, 5.41) is 13.8. The highest BCUT2D eigenvalue weighted by atomic mass is 32.2. The Morgan fingerprint density at radius 1 is 1.67 bits per heavy atom. The van der Waals surface area contributed by atoms with Gasteiger partial charge < -0.3 is 5.32 Å². The van der Waals surface area contributed by atoms with E-state index in [0.29, 0.717) is 22.0 Å². The van der Waals surface area contributed by atoms with Gasteiger partial charge in [0.1, 0.15) is 5.82 Å². The lowest BCUT2D eigenvalue weighted by molar-refractivity contribution is 0.0966. The highest BCUT2D eigenvalue weighted by Gasteiger charge is 2.23. The van der Waals surface area contributed by atoms with Crippen LogP contribution < -0.4 is 10.6 Å². The molecule has 0 aliphatic carbocycles. The predicted octanol–water partition coefficient (Wildman–Crippen LogP) is 1.49. The molecule has 0 aromatic heterocycles. The molecule has 1 aromatic carbocycles. The number of carbonyl (C=O) groups is 1. The Morgan fingerprint density at radius 3 is 3.11 bits per heavy atom. The van der Waals surface area contributed by atoms with Gasteiger partial charge in [-0.2, -0.15) is 5.26 Å². The number of nitrogens with zero attached hydrogens (tertiary/aromatic N) is 2. The summed E-state index contributed by atoms with van der Waals surface area (Å²) in [5.41, 5.74) is 0.958. The summed E-state index contributed by atoms with van der Waals surface area (Å²) in [4.78, 5) is 15.5. The Balaban J connectivity index is 2.42. The molecule has 0 fully saturated rings. The van der Waals surface area contributed by atoms with Crippen LogP contribution in [0, 0.1) is 17.3 Å². The summed E-state index contributed by atoms with van der Waals surface area (Å²) in [5.74, 6) is -0.776. The number of nitriles is 1. The average molecular weight is 264 g/mol. The van der Waals surface area contributed by atoms with Crippen molar-refractivity contribution in [1.82, 2.24) is 10.6 Å². The number of amidine groups is 1. The zero-order valence-corrected chi connectivity index (χ0v) is 10.3. The first-order chi connectivity index (χ1) is 8.65. The molecule has 1 aliphatic heterocycles. The second kappa shape index (κ2) is 5.06. The quantitative estimate of drug-likeness (QED) is 0.349. The van der Waals surface area contributed by atoms with Gasteiger partial charge in [-0.3, -0.25) is 10.1 Å². The first-order valence-corrected chi connectivity index (χ1v) is 6.26. The minimum atomic E-state index is -0.470. The number of aliphatic imine (C=N–C) groups is 1. The van der Waals surface area contributed by atoms with Crippen molar-refractivity contribution < 1.29 is 9.18 Å². The Hall–Kier alpha value is -2.07. The second-order valence-corrected chi connectivity index (χ2v) is 4.29. The van der Waals surface area contributed by atoms with Gasteiger partial charge in [0.05, 0.1) is 5.69 Å². The number of hydrogen-bond acceptors (Lipinski definition) is 4. The van der Waals surface area contributed by atoms with Crippen LogP contribution in [0.4, 0.5) is 10.1 Å². The fourth-order valence-electron chi connectivity index (χ4n) is 1.62. The van der Waals surface area contributed by atoms with Crippen molar-refractivity contribution in [3.05, 3.63) is 29.1 Å². The molecule has 1 aliphatic rings. The Kier molecular flexibility index (Phi) is 3.48. The third-order valence-corrected chi connectivity index (χ3v) is 3.02. The molecule has 0 atom stereocenters. The average Bonchev–Trinajstić information content (AvgIpc) is 2.71. The van der Waals surface area contributed by atoms with Crippen LogP contribution in [0.1, 0.15) is 15.9 Å². The Bertz CT molecular complexity index is 579. The SMILES string of the molecule is CSC(=Nc1cc(F)c2c(c1)C(=O)NC2)NC#N. The van der Waals surface area contributed by atoms with Crippen LogP contribution in [0.3, 0.4) is 0 Å². The highest BCUT2D eigenvalue weighted by molar-refractivity contribution is 8.13. The van der Waals surface area contributed by atoms with Crippen molar-refractivity contribution >= 4 is 28.5 Å². The lowest BCUT2D eigenvalue weighted by Crippen LogP contribution is -2.13. The first kappa shape index (κ1) is 12.4. The lowest BCUT2D eigenvalue weighted by Gasteiger charge is -2.03. The van der Waals surface area contributed by atoms with Gasteiger partial charge in [0.15, 0.2) is 11.4 Å². The third kappa shape index (κ3) is 2.28. The lowest BCUT2D eigenvalue weighted by atomic mass is 10.1. The molecule has 1 heterocycles. The zero-order chi connectivity index (χ0) is 13.1. The minimum Gasteiger partial charge on any atom is -0.348 e. The van der Waals surface area contributed by atoms with Crippen molar-refractivity contribution in [2.24, 2.45) is 4.99 Å². The molecule has 1 aromatic rings. The Labute approximate surface area is 107 Å². The second-order valence-electron chi connectivity index (χ2n) is 3.49. The third-order valence-electron chi connectivity index (χ3n) is 2.44. The molecule has 2 N–H and O–H groups in total. The summed E-state index contributed by atoms with van der Waals surface area (Å²) in [6.45, 7) is 0.204. The highest BCUT2D eigenvalue weighted by Crippen LogP contribution is 2.26. The van der Waals surface area contributed by atoms with Gasteiger partial charge in [-0.1, -0.05) is 11.8 Å². The summed E-state index contributed by atoms with van der Waals surface area (Å²) >= 11 is 1.22. The summed E-state index contributed by atoms with van der Waals surface area (Å²) in [6.07, 6.45) is 3.48. The maximum Gasteiger partial charge on any atom is 0.252 e. The van der Waals surface area contributed by atoms with E-state index in [1.54, 1.807) is 12.4 Å². The van der Waals surface area contributed by atoms with Crippen molar-refractivity contribution in [3.8, 4) is 6.19 Å². The van der Waals surface area contributed by atoms with Gasteiger partial charge in [0, 0.05) is 17.7 Å². The number of thioether (sulfide) groups is 1. The van der Waals surface area contributed by atoms with Gasteiger partial charge in [-0.15, -0.1) is 0 Å².